The highest BCUT2D eigenvalue weighted by Crippen LogP contribution is 2.42. The Morgan fingerprint density at radius 3 is 1.60 bits per heavy atom. The number of anilines is 3. The van der Waals surface area contributed by atoms with Crippen LogP contribution >= 0.6 is 0 Å². The van der Waals surface area contributed by atoms with Crippen molar-refractivity contribution in [2.75, 3.05) is 4.90 Å². The van der Waals surface area contributed by atoms with Crippen LogP contribution in [0.3, 0.4) is 0 Å². The van der Waals surface area contributed by atoms with E-state index in [0.29, 0.717) is 0 Å². The topological polar surface area (TPSA) is 8.17 Å². The molecular weight excluding hydrogens is 725 g/mol. The van der Waals surface area contributed by atoms with Gasteiger partial charge in [0.2, 0.25) is 0 Å². The molecule has 0 radical (unpaired) electrons. The third-order valence-corrected chi connectivity index (χ3v) is 12.3. The third-order valence-electron chi connectivity index (χ3n) is 12.3. The summed E-state index contributed by atoms with van der Waals surface area (Å²) >= 11 is 0. The van der Waals surface area contributed by atoms with Gasteiger partial charge in [-0.05, 0) is 132 Å². The summed E-state index contributed by atoms with van der Waals surface area (Å²) in [6, 6.07) is 84.2. The SMILES string of the molecule is c1ccc(N(c2ccc(-c3ccc4c(ccc5ccccc54)c3)cc2)c2cccc(-c3cccc4c3c3ccccc3n4-c3ccc4c(ccc5ccccc54)c3)c2)cc1. The molecule has 0 aliphatic rings. The van der Waals surface area contributed by atoms with Gasteiger partial charge in [0.05, 0.1) is 11.0 Å². The molecule has 12 aromatic rings. The van der Waals surface area contributed by atoms with E-state index in [4.69, 9.17) is 0 Å². The second kappa shape index (κ2) is 13.9. The van der Waals surface area contributed by atoms with E-state index in [1.54, 1.807) is 0 Å². The van der Waals surface area contributed by atoms with Gasteiger partial charge in [0.15, 0.2) is 0 Å². The Balaban J connectivity index is 0.958. The van der Waals surface area contributed by atoms with Crippen molar-refractivity contribution in [1.29, 1.82) is 0 Å². The number of nitrogens with zero attached hydrogens (tertiary/aromatic N) is 2. The molecule has 0 amide bonds. The van der Waals surface area contributed by atoms with E-state index in [0.717, 1.165) is 22.7 Å². The average molecular weight is 763 g/mol. The Hall–Kier alpha value is -7.94. The Kier molecular flexibility index (Phi) is 7.89. The fraction of sp³-hybridized carbons (Fsp3) is 0. The van der Waals surface area contributed by atoms with Gasteiger partial charge in [-0.3, -0.25) is 0 Å². The molecule has 60 heavy (non-hydrogen) atoms. The Morgan fingerprint density at radius 1 is 0.283 bits per heavy atom. The maximum atomic E-state index is 2.43. The molecular formula is C58H38N2. The molecule has 280 valence electrons. The van der Waals surface area contributed by atoms with Crippen LogP contribution in [0.2, 0.25) is 0 Å². The minimum absolute atomic E-state index is 1.10. The lowest BCUT2D eigenvalue weighted by Gasteiger charge is -2.26. The molecule has 0 bridgehead atoms. The van der Waals surface area contributed by atoms with E-state index in [1.165, 1.54) is 87.1 Å². The van der Waals surface area contributed by atoms with Crippen LogP contribution in [0, 0.1) is 0 Å². The molecule has 2 nitrogen and oxygen atoms in total. The largest absolute Gasteiger partial charge is 0.310 e. The van der Waals surface area contributed by atoms with Crippen molar-refractivity contribution >= 4 is 82.0 Å². The minimum Gasteiger partial charge on any atom is -0.310 e. The van der Waals surface area contributed by atoms with Gasteiger partial charge in [0.25, 0.3) is 0 Å². The van der Waals surface area contributed by atoms with Crippen LogP contribution in [0.5, 0.6) is 0 Å². The first-order valence-corrected chi connectivity index (χ1v) is 20.7. The summed E-state index contributed by atoms with van der Waals surface area (Å²) < 4.78 is 2.43. The van der Waals surface area contributed by atoms with E-state index in [1.807, 2.05) is 0 Å². The van der Waals surface area contributed by atoms with Crippen LogP contribution in [0.25, 0.3) is 92.8 Å². The molecule has 0 atom stereocenters. The maximum Gasteiger partial charge on any atom is 0.0547 e. The van der Waals surface area contributed by atoms with Gasteiger partial charge >= 0.3 is 0 Å². The van der Waals surface area contributed by atoms with Gasteiger partial charge < -0.3 is 9.47 Å². The molecule has 1 aromatic heterocycles. The molecule has 0 aliphatic heterocycles. The predicted molar refractivity (Wildman–Crippen MR) is 256 cm³/mol. The Labute approximate surface area is 348 Å². The molecule has 0 fully saturated rings. The summed E-state index contributed by atoms with van der Waals surface area (Å²) in [5, 5.41) is 12.6. The lowest BCUT2D eigenvalue weighted by atomic mass is 9.97. The van der Waals surface area contributed by atoms with E-state index in [9.17, 15) is 0 Å². The summed E-state index contributed by atoms with van der Waals surface area (Å²) in [5.74, 6) is 0. The Morgan fingerprint density at radius 2 is 0.833 bits per heavy atom. The van der Waals surface area contributed by atoms with Crippen LogP contribution in [0.15, 0.2) is 231 Å². The normalized spacial score (nSPS) is 11.7. The van der Waals surface area contributed by atoms with Crippen molar-refractivity contribution in [1.82, 2.24) is 4.57 Å². The van der Waals surface area contributed by atoms with Crippen LogP contribution in [-0.4, -0.2) is 4.57 Å². The fourth-order valence-electron chi connectivity index (χ4n) is 9.51. The molecule has 0 saturated carbocycles. The second-order valence-electron chi connectivity index (χ2n) is 15.7. The van der Waals surface area contributed by atoms with E-state index in [-0.39, 0.29) is 0 Å². The number of para-hydroxylation sites is 2. The quantitative estimate of drug-likeness (QED) is 0.153. The zero-order chi connectivity index (χ0) is 39.6. The molecule has 0 N–H and O–H groups in total. The highest BCUT2D eigenvalue weighted by molar-refractivity contribution is 6.16. The average Bonchev–Trinajstić information content (AvgIpc) is 3.66. The number of rotatable bonds is 6. The van der Waals surface area contributed by atoms with E-state index >= 15 is 0 Å². The minimum atomic E-state index is 1.10. The zero-order valence-corrected chi connectivity index (χ0v) is 32.8. The second-order valence-corrected chi connectivity index (χ2v) is 15.7. The van der Waals surface area contributed by atoms with Crippen molar-refractivity contribution in [3.63, 3.8) is 0 Å². The molecule has 0 spiro atoms. The van der Waals surface area contributed by atoms with Crippen molar-refractivity contribution in [2.45, 2.75) is 0 Å². The number of fused-ring (bicyclic) bond motifs is 9. The third kappa shape index (κ3) is 5.57. The van der Waals surface area contributed by atoms with E-state index in [2.05, 4.69) is 240 Å². The van der Waals surface area contributed by atoms with Gasteiger partial charge in [0.1, 0.15) is 0 Å². The van der Waals surface area contributed by atoms with Crippen molar-refractivity contribution in [3.05, 3.63) is 231 Å². The van der Waals surface area contributed by atoms with Crippen LogP contribution in [0.4, 0.5) is 17.1 Å². The number of benzene rings is 11. The monoisotopic (exact) mass is 762 g/mol. The smallest absolute Gasteiger partial charge is 0.0547 e. The molecule has 12 rings (SSSR count). The number of aromatic nitrogens is 1. The predicted octanol–water partition coefficient (Wildman–Crippen LogP) is 16.2. The van der Waals surface area contributed by atoms with Crippen molar-refractivity contribution in [3.8, 4) is 27.9 Å². The fourth-order valence-corrected chi connectivity index (χ4v) is 9.51. The Bertz CT molecular complexity index is 3600. The lowest BCUT2D eigenvalue weighted by Crippen LogP contribution is -2.09. The van der Waals surface area contributed by atoms with Gasteiger partial charge in [-0.15, -0.1) is 0 Å². The summed E-state index contributed by atoms with van der Waals surface area (Å²) in [7, 11) is 0. The first kappa shape index (κ1) is 34.1. The molecule has 2 heteroatoms. The summed E-state index contributed by atoms with van der Waals surface area (Å²) in [5.41, 5.74) is 11.7. The highest BCUT2D eigenvalue weighted by atomic mass is 15.1. The highest BCUT2D eigenvalue weighted by Gasteiger charge is 2.19. The maximum absolute atomic E-state index is 2.43. The number of hydrogen-bond donors (Lipinski definition) is 0. The standard InChI is InChI=1S/C58H38N2/c1-2-15-46(16-3-1)59(47-31-28-39(29-32-47)42-30-34-52-44(36-42)26-24-40-12-4-6-18-50(40)52)48-17-10-14-43(37-48)54-21-11-23-57-58(54)55-20-8-9-22-56(55)60(57)49-33-35-53-45(38-49)27-25-41-13-5-7-19-51(41)53/h1-38H. The summed E-state index contributed by atoms with van der Waals surface area (Å²) in [6.45, 7) is 0. The van der Waals surface area contributed by atoms with Gasteiger partial charge in [-0.25, -0.2) is 0 Å². The first-order chi connectivity index (χ1) is 29.7. The van der Waals surface area contributed by atoms with Crippen molar-refractivity contribution < 1.29 is 0 Å². The molecule has 0 aliphatic carbocycles. The first-order valence-electron chi connectivity index (χ1n) is 20.7. The van der Waals surface area contributed by atoms with Crippen LogP contribution in [-0.2, 0) is 0 Å². The van der Waals surface area contributed by atoms with Crippen LogP contribution in [0.1, 0.15) is 0 Å². The van der Waals surface area contributed by atoms with Gasteiger partial charge in [0, 0.05) is 33.5 Å². The number of hydrogen-bond acceptors (Lipinski definition) is 1. The summed E-state index contributed by atoms with van der Waals surface area (Å²) in [4.78, 5) is 2.36. The molecule has 1 heterocycles. The lowest BCUT2D eigenvalue weighted by molar-refractivity contribution is 1.19. The van der Waals surface area contributed by atoms with Crippen LogP contribution < -0.4 is 4.90 Å². The molecule has 0 unspecified atom stereocenters. The van der Waals surface area contributed by atoms with Gasteiger partial charge in [-0.1, -0.05) is 164 Å². The van der Waals surface area contributed by atoms with Gasteiger partial charge in [-0.2, -0.15) is 0 Å². The molecule has 0 saturated heterocycles. The van der Waals surface area contributed by atoms with Crippen molar-refractivity contribution in [2.24, 2.45) is 0 Å². The molecule has 11 aromatic carbocycles. The summed E-state index contributed by atoms with van der Waals surface area (Å²) in [6.07, 6.45) is 0. The zero-order valence-electron chi connectivity index (χ0n) is 32.8. The van der Waals surface area contributed by atoms with E-state index < -0.39 is 0 Å².